The van der Waals surface area contributed by atoms with Gasteiger partial charge >= 0.3 is 0 Å². The van der Waals surface area contributed by atoms with Gasteiger partial charge in [-0.05, 0) is 50.8 Å². The number of carbonyl (C=O) groups is 1. The van der Waals surface area contributed by atoms with E-state index in [-0.39, 0.29) is 5.78 Å². The summed E-state index contributed by atoms with van der Waals surface area (Å²) in [5, 5.41) is 0. The topological polar surface area (TPSA) is 26.3 Å². The predicted molar refractivity (Wildman–Crippen MR) is 70.3 cm³/mol. The van der Waals surface area contributed by atoms with Crippen LogP contribution in [0.5, 0.6) is 0 Å². The maximum atomic E-state index is 11.7. The van der Waals surface area contributed by atoms with Crippen molar-refractivity contribution in [1.82, 2.24) is 0 Å². The summed E-state index contributed by atoms with van der Waals surface area (Å²) in [7, 11) is 0. The van der Waals surface area contributed by atoms with Gasteiger partial charge in [-0.1, -0.05) is 24.6 Å². The lowest BCUT2D eigenvalue weighted by molar-refractivity contribution is -0.128. The third kappa shape index (κ3) is 3.40. The van der Waals surface area contributed by atoms with Crippen LogP contribution in [-0.2, 0) is 9.53 Å². The zero-order chi connectivity index (χ0) is 13.0. The molecular formula is C15H22O2. The fourth-order valence-corrected chi connectivity index (χ4v) is 2.24. The number of ether oxygens (including phenoxy) is 1. The van der Waals surface area contributed by atoms with Gasteiger partial charge in [-0.15, -0.1) is 0 Å². The van der Waals surface area contributed by atoms with Gasteiger partial charge in [0.25, 0.3) is 0 Å². The van der Waals surface area contributed by atoms with E-state index in [1.807, 2.05) is 20.8 Å². The molecule has 0 aliphatic carbocycles. The van der Waals surface area contributed by atoms with Gasteiger partial charge in [0.05, 0.1) is 0 Å². The average Bonchev–Trinajstić information content (AvgIpc) is 2.20. The molecule has 2 heteroatoms. The summed E-state index contributed by atoms with van der Waals surface area (Å²) in [6, 6.07) is 4.21. The third-order valence-electron chi connectivity index (χ3n) is 2.86. The summed E-state index contributed by atoms with van der Waals surface area (Å²) < 4.78 is 5.69. The van der Waals surface area contributed by atoms with Crippen LogP contribution in [0.4, 0.5) is 0 Å². The van der Waals surface area contributed by atoms with Crippen molar-refractivity contribution in [3.8, 4) is 0 Å². The van der Waals surface area contributed by atoms with Gasteiger partial charge in [0, 0.05) is 6.61 Å². The van der Waals surface area contributed by atoms with Gasteiger partial charge in [-0.3, -0.25) is 4.79 Å². The smallest absolute Gasteiger partial charge is 0.163 e. The lowest BCUT2D eigenvalue weighted by atomic mass is 9.94. The Hall–Kier alpha value is -1.15. The zero-order valence-corrected chi connectivity index (χ0v) is 11.5. The fourth-order valence-electron chi connectivity index (χ4n) is 2.24. The Balaban J connectivity index is 3.14. The molecule has 94 valence electrons. The fraction of sp³-hybridized carbons (Fsp3) is 0.533. The molecule has 0 bridgehead atoms. The second-order valence-corrected chi connectivity index (χ2v) is 4.67. The van der Waals surface area contributed by atoms with Crippen LogP contribution in [0.25, 0.3) is 0 Å². The molecule has 1 aromatic rings. The number of hydrogen-bond donors (Lipinski definition) is 0. The molecule has 1 rings (SSSR count). The molecule has 0 spiro atoms. The van der Waals surface area contributed by atoms with Crippen LogP contribution in [0.2, 0.25) is 0 Å². The molecule has 0 amide bonds. The second kappa shape index (κ2) is 5.97. The van der Waals surface area contributed by atoms with Gasteiger partial charge in [-0.2, -0.15) is 0 Å². The van der Waals surface area contributed by atoms with Crippen LogP contribution < -0.4 is 0 Å². The lowest BCUT2D eigenvalue weighted by Crippen LogP contribution is -2.16. The van der Waals surface area contributed by atoms with Crippen LogP contribution in [0.3, 0.4) is 0 Å². The molecule has 0 aliphatic heterocycles. The van der Waals surface area contributed by atoms with Crippen molar-refractivity contribution in [2.24, 2.45) is 0 Å². The summed E-state index contributed by atoms with van der Waals surface area (Å²) in [6.45, 7) is 10.4. The van der Waals surface area contributed by atoms with Crippen molar-refractivity contribution in [2.75, 3.05) is 6.61 Å². The highest BCUT2D eigenvalue weighted by atomic mass is 16.5. The van der Waals surface area contributed by atoms with E-state index < -0.39 is 6.10 Å². The number of aryl methyl sites for hydroxylation is 3. The molecule has 2 nitrogen and oxygen atoms in total. The number of hydrogen-bond acceptors (Lipinski definition) is 2. The van der Waals surface area contributed by atoms with Crippen molar-refractivity contribution < 1.29 is 9.53 Å². The molecule has 0 heterocycles. The van der Waals surface area contributed by atoms with E-state index in [1.54, 1.807) is 6.92 Å². The Morgan fingerprint density at radius 2 is 1.76 bits per heavy atom. The highest BCUT2D eigenvalue weighted by Crippen LogP contribution is 2.27. The predicted octanol–water partition coefficient (Wildman–Crippen LogP) is 3.67. The zero-order valence-electron chi connectivity index (χ0n) is 11.5. The Kier molecular flexibility index (Phi) is 4.88. The Labute approximate surface area is 104 Å². The average molecular weight is 234 g/mol. The molecule has 0 fully saturated rings. The van der Waals surface area contributed by atoms with Gasteiger partial charge in [0.2, 0.25) is 0 Å². The summed E-state index contributed by atoms with van der Waals surface area (Å²) in [4.78, 5) is 11.7. The van der Waals surface area contributed by atoms with Crippen LogP contribution in [0, 0.1) is 20.8 Å². The number of Topliss-reactive ketones (excluding diaryl/α,β-unsaturated/α-hetero) is 1. The Morgan fingerprint density at radius 3 is 2.18 bits per heavy atom. The van der Waals surface area contributed by atoms with E-state index in [1.165, 1.54) is 5.56 Å². The first-order valence-electron chi connectivity index (χ1n) is 6.17. The lowest BCUT2D eigenvalue weighted by Gasteiger charge is -2.20. The monoisotopic (exact) mass is 234 g/mol. The highest BCUT2D eigenvalue weighted by Gasteiger charge is 2.21. The maximum Gasteiger partial charge on any atom is 0.163 e. The SMILES string of the molecule is CCCOC(C(C)=O)c1c(C)cc(C)cc1C. The Morgan fingerprint density at radius 1 is 1.24 bits per heavy atom. The molecule has 1 aromatic carbocycles. The van der Waals surface area contributed by atoms with E-state index in [0.29, 0.717) is 6.61 Å². The standard InChI is InChI=1S/C15H22O2/c1-6-7-17-15(13(5)16)14-11(3)8-10(2)9-12(14)4/h8-9,15H,6-7H2,1-5H3. The first kappa shape index (κ1) is 13.9. The van der Waals surface area contributed by atoms with E-state index in [2.05, 4.69) is 19.1 Å². The number of carbonyl (C=O) groups excluding carboxylic acids is 1. The minimum atomic E-state index is -0.407. The first-order chi connectivity index (χ1) is 7.97. The molecule has 0 aromatic heterocycles. The molecule has 17 heavy (non-hydrogen) atoms. The van der Waals surface area contributed by atoms with Crippen molar-refractivity contribution in [3.05, 3.63) is 34.4 Å². The summed E-state index contributed by atoms with van der Waals surface area (Å²) in [5.41, 5.74) is 4.54. The Bertz CT molecular complexity index is 384. The molecule has 0 saturated heterocycles. The largest absolute Gasteiger partial charge is 0.366 e. The van der Waals surface area contributed by atoms with Crippen LogP contribution in [0.1, 0.15) is 48.6 Å². The summed E-state index contributed by atoms with van der Waals surface area (Å²) >= 11 is 0. The quantitative estimate of drug-likeness (QED) is 0.777. The highest BCUT2D eigenvalue weighted by molar-refractivity contribution is 5.82. The minimum Gasteiger partial charge on any atom is -0.366 e. The van der Waals surface area contributed by atoms with Crippen LogP contribution >= 0.6 is 0 Å². The van der Waals surface area contributed by atoms with Gasteiger partial charge in [0.15, 0.2) is 5.78 Å². The van der Waals surface area contributed by atoms with E-state index in [4.69, 9.17) is 4.74 Å². The van der Waals surface area contributed by atoms with E-state index in [9.17, 15) is 4.79 Å². The normalized spacial score (nSPS) is 12.5. The van der Waals surface area contributed by atoms with Gasteiger partial charge in [0.1, 0.15) is 6.10 Å². The molecule has 0 radical (unpaired) electrons. The van der Waals surface area contributed by atoms with E-state index >= 15 is 0 Å². The first-order valence-corrected chi connectivity index (χ1v) is 6.17. The van der Waals surface area contributed by atoms with Crippen molar-refractivity contribution in [1.29, 1.82) is 0 Å². The molecule has 1 unspecified atom stereocenters. The van der Waals surface area contributed by atoms with Crippen LogP contribution in [0.15, 0.2) is 12.1 Å². The minimum absolute atomic E-state index is 0.0773. The molecule has 0 aliphatic rings. The third-order valence-corrected chi connectivity index (χ3v) is 2.86. The van der Waals surface area contributed by atoms with Gasteiger partial charge in [-0.25, -0.2) is 0 Å². The molecular weight excluding hydrogens is 212 g/mol. The summed E-state index contributed by atoms with van der Waals surface area (Å²) in [6.07, 6.45) is 0.517. The second-order valence-electron chi connectivity index (χ2n) is 4.67. The van der Waals surface area contributed by atoms with Gasteiger partial charge < -0.3 is 4.74 Å². The molecule has 1 atom stereocenters. The van der Waals surface area contributed by atoms with Crippen molar-refractivity contribution >= 4 is 5.78 Å². The molecule has 0 N–H and O–H groups in total. The maximum absolute atomic E-state index is 11.7. The van der Waals surface area contributed by atoms with E-state index in [0.717, 1.165) is 23.1 Å². The number of rotatable bonds is 5. The number of ketones is 1. The molecule has 0 saturated carbocycles. The van der Waals surface area contributed by atoms with Crippen molar-refractivity contribution in [3.63, 3.8) is 0 Å². The summed E-state index contributed by atoms with van der Waals surface area (Å²) in [5.74, 6) is 0.0773. The van der Waals surface area contributed by atoms with Crippen LogP contribution in [-0.4, -0.2) is 12.4 Å². The number of benzene rings is 1. The van der Waals surface area contributed by atoms with Crippen molar-refractivity contribution in [2.45, 2.75) is 47.1 Å².